The van der Waals surface area contributed by atoms with E-state index in [1.165, 1.54) is 30.6 Å². The molecular weight excluding hydrogens is 598 g/mol. The van der Waals surface area contributed by atoms with Gasteiger partial charge in [0.15, 0.2) is 0 Å². The van der Waals surface area contributed by atoms with Gasteiger partial charge in [0.25, 0.3) is 0 Å². The molecule has 1 aromatic carbocycles. The van der Waals surface area contributed by atoms with E-state index in [2.05, 4.69) is 11.6 Å². The SMILES string of the molecule is C=CC(=O)N1CCn2nc(-c3nc(-c4ccn5ccnc5c4)c4ccsc4c3-c3c(F)cc(F)cc3OCCOC)cc2[C@H]1C. The average molecular weight is 627 g/mol. The van der Waals surface area contributed by atoms with Gasteiger partial charge in [-0.3, -0.25) is 9.48 Å². The van der Waals surface area contributed by atoms with Crippen molar-refractivity contribution in [2.75, 3.05) is 26.9 Å². The Morgan fingerprint density at radius 2 is 1.98 bits per heavy atom. The van der Waals surface area contributed by atoms with Crippen LogP contribution in [-0.4, -0.2) is 61.8 Å². The van der Waals surface area contributed by atoms with E-state index in [4.69, 9.17) is 19.6 Å². The molecule has 0 N–H and O–H groups in total. The first-order valence-corrected chi connectivity index (χ1v) is 15.2. The fraction of sp³-hybridized carbons (Fsp3) is 0.212. The van der Waals surface area contributed by atoms with Crippen LogP contribution in [-0.2, 0) is 16.1 Å². The van der Waals surface area contributed by atoms with Crippen molar-refractivity contribution in [2.24, 2.45) is 0 Å². The van der Waals surface area contributed by atoms with Crippen molar-refractivity contribution in [3.05, 3.63) is 90.4 Å². The number of methoxy groups -OCH3 is 1. The Morgan fingerprint density at radius 1 is 1.11 bits per heavy atom. The lowest BCUT2D eigenvalue weighted by atomic mass is 9.96. The summed E-state index contributed by atoms with van der Waals surface area (Å²) in [6, 6.07) is 9.47. The molecule has 12 heteroatoms. The van der Waals surface area contributed by atoms with Crippen LogP contribution in [0.3, 0.4) is 0 Å². The largest absolute Gasteiger partial charge is 0.490 e. The van der Waals surface area contributed by atoms with E-state index in [-0.39, 0.29) is 36.5 Å². The Labute approximate surface area is 261 Å². The Balaban J connectivity index is 1.50. The fourth-order valence-corrected chi connectivity index (χ4v) is 6.85. The number of hydrogen-bond acceptors (Lipinski definition) is 7. The minimum absolute atomic E-state index is 0.0361. The first-order valence-electron chi connectivity index (χ1n) is 14.3. The monoisotopic (exact) mass is 626 g/mol. The highest BCUT2D eigenvalue weighted by Crippen LogP contribution is 2.47. The maximum Gasteiger partial charge on any atom is 0.246 e. The third-order valence-corrected chi connectivity index (χ3v) is 8.98. The highest BCUT2D eigenvalue weighted by molar-refractivity contribution is 7.18. The van der Waals surface area contributed by atoms with Gasteiger partial charge in [-0.05, 0) is 42.6 Å². The molecule has 0 aliphatic carbocycles. The summed E-state index contributed by atoms with van der Waals surface area (Å²) < 4.78 is 46.1. The number of ether oxygens (including phenoxy) is 2. The standard InChI is InChI=1S/C33H28F2N6O3S/c1-4-28(42)40-10-11-41-25(19(40)2)18-24(38-41)32-30(29-23(35)16-21(34)17-26(29)44-13-12-43-3)33-22(6-14-45-33)31(37-32)20-5-8-39-9-7-36-27(39)15-20/h4-9,14-19H,1,10-13H2,2-3H3/t19-/m1/s1. The number of hydrogen-bond donors (Lipinski definition) is 0. The fourth-order valence-electron chi connectivity index (χ4n) is 5.90. The highest BCUT2D eigenvalue weighted by Gasteiger charge is 2.31. The van der Waals surface area contributed by atoms with Gasteiger partial charge in [-0.25, -0.2) is 18.7 Å². The molecule has 45 heavy (non-hydrogen) atoms. The predicted octanol–water partition coefficient (Wildman–Crippen LogP) is 6.53. The molecule has 0 saturated heterocycles. The van der Waals surface area contributed by atoms with Crippen LogP contribution < -0.4 is 4.74 Å². The van der Waals surface area contributed by atoms with Crippen LogP contribution in [0.4, 0.5) is 8.78 Å². The van der Waals surface area contributed by atoms with E-state index in [1.807, 2.05) is 58.0 Å². The molecule has 0 spiro atoms. The number of halogens is 2. The van der Waals surface area contributed by atoms with Crippen molar-refractivity contribution in [3.63, 3.8) is 0 Å². The molecule has 1 amide bonds. The lowest BCUT2D eigenvalue weighted by Gasteiger charge is -2.33. The third kappa shape index (κ3) is 4.95. The highest BCUT2D eigenvalue weighted by atomic mass is 32.1. The number of thiophene rings is 1. The number of carbonyl (C=O) groups excluding carboxylic acids is 1. The van der Waals surface area contributed by atoms with E-state index in [1.54, 1.807) is 11.1 Å². The third-order valence-electron chi connectivity index (χ3n) is 8.05. The van der Waals surface area contributed by atoms with E-state index in [0.717, 1.165) is 33.1 Å². The summed E-state index contributed by atoms with van der Waals surface area (Å²) in [5.74, 6) is -1.68. The zero-order valence-corrected chi connectivity index (χ0v) is 25.4. The summed E-state index contributed by atoms with van der Waals surface area (Å²) >= 11 is 1.42. The predicted molar refractivity (Wildman–Crippen MR) is 168 cm³/mol. The minimum Gasteiger partial charge on any atom is -0.490 e. The maximum absolute atomic E-state index is 16.0. The molecule has 7 rings (SSSR count). The second-order valence-electron chi connectivity index (χ2n) is 10.6. The molecule has 6 heterocycles. The van der Waals surface area contributed by atoms with Gasteiger partial charge < -0.3 is 18.8 Å². The summed E-state index contributed by atoms with van der Waals surface area (Å²) in [5.41, 5.74) is 4.47. The Morgan fingerprint density at radius 3 is 2.80 bits per heavy atom. The zero-order valence-electron chi connectivity index (χ0n) is 24.5. The van der Waals surface area contributed by atoms with E-state index >= 15 is 4.39 Å². The number of carbonyl (C=O) groups is 1. The molecule has 1 aliphatic rings. The summed E-state index contributed by atoms with van der Waals surface area (Å²) in [6.07, 6.45) is 6.80. The van der Waals surface area contributed by atoms with Crippen LogP contribution in [0.15, 0.2) is 73.0 Å². The molecular formula is C33H28F2N6O3S. The molecule has 1 atom stereocenters. The van der Waals surface area contributed by atoms with Crippen molar-refractivity contribution in [1.82, 2.24) is 29.0 Å². The summed E-state index contributed by atoms with van der Waals surface area (Å²) in [6.45, 7) is 6.83. The van der Waals surface area contributed by atoms with Gasteiger partial charge in [0.05, 0.1) is 36.1 Å². The van der Waals surface area contributed by atoms with Crippen LogP contribution in [0.2, 0.25) is 0 Å². The van der Waals surface area contributed by atoms with Gasteiger partial charge in [0.2, 0.25) is 5.91 Å². The second kappa shape index (κ2) is 11.5. The molecule has 0 bridgehead atoms. The van der Waals surface area contributed by atoms with Crippen molar-refractivity contribution >= 4 is 33.0 Å². The molecule has 1 aliphatic heterocycles. The molecule has 5 aromatic heterocycles. The van der Waals surface area contributed by atoms with Gasteiger partial charge in [-0.2, -0.15) is 5.10 Å². The lowest BCUT2D eigenvalue weighted by molar-refractivity contribution is -0.129. The molecule has 0 unspecified atom stereocenters. The van der Waals surface area contributed by atoms with Gasteiger partial charge in [0.1, 0.15) is 41.0 Å². The maximum atomic E-state index is 16.0. The number of pyridine rings is 2. The molecule has 0 saturated carbocycles. The summed E-state index contributed by atoms with van der Waals surface area (Å²) in [7, 11) is 1.53. The first kappa shape index (κ1) is 28.8. The number of aromatic nitrogens is 5. The Kier molecular flexibility index (Phi) is 7.38. The Bertz CT molecular complexity index is 2100. The van der Waals surface area contributed by atoms with Crippen LogP contribution in [0, 0.1) is 11.6 Å². The molecule has 9 nitrogen and oxygen atoms in total. The number of nitrogens with zero attached hydrogens (tertiary/aromatic N) is 6. The number of imidazole rings is 1. The van der Waals surface area contributed by atoms with Crippen molar-refractivity contribution in [3.8, 4) is 39.5 Å². The molecule has 228 valence electrons. The van der Waals surface area contributed by atoms with Crippen molar-refractivity contribution in [1.29, 1.82) is 0 Å². The summed E-state index contributed by atoms with van der Waals surface area (Å²) in [4.78, 5) is 23.9. The average Bonchev–Trinajstić information content (AvgIpc) is 3.80. The molecule has 6 aromatic rings. The minimum atomic E-state index is -0.785. The van der Waals surface area contributed by atoms with Crippen molar-refractivity contribution in [2.45, 2.75) is 19.5 Å². The molecule has 0 radical (unpaired) electrons. The number of amides is 1. The smallest absolute Gasteiger partial charge is 0.246 e. The van der Waals surface area contributed by atoms with Crippen molar-refractivity contribution < 1.29 is 23.0 Å². The van der Waals surface area contributed by atoms with E-state index in [9.17, 15) is 9.18 Å². The van der Waals surface area contributed by atoms with Crippen LogP contribution in [0.25, 0.3) is 49.5 Å². The normalized spacial score (nSPS) is 14.7. The van der Waals surface area contributed by atoms with Crippen LogP contribution in [0.1, 0.15) is 18.7 Å². The second-order valence-corrected chi connectivity index (χ2v) is 11.6. The van der Waals surface area contributed by atoms with E-state index in [0.29, 0.717) is 35.7 Å². The van der Waals surface area contributed by atoms with Gasteiger partial charge >= 0.3 is 0 Å². The quantitative estimate of drug-likeness (QED) is 0.141. The summed E-state index contributed by atoms with van der Waals surface area (Å²) in [5, 5.41) is 7.63. The van der Waals surface area contributed by atoms with Gasteiger partial charge in [-0.15, -0.1) is 11.3 Å². The Hall–Kier alpha value is -4.94. The lowest BCUT2D eigenvalue weighted by Crippen LogP contribution is -2.40. The van der Waals surface area contributed by atoms with Gasteiger partial charge in [0, 0.05) is 65.6 Å². The zero-order chi connectivity index (χ0) is 31.2. The first-order chi connectivity index (χ1) is 21.9. The van der Waals surface area contributed by atoms with Gasteiger partial charge in [-0.1, -0.05) is 6.58 Å². The number of fused-ring (bicyclic) bond motifs is 3. The van der Waals surface area contributed by atoms with Crippen LogP contribution >= 0.6 is 11.3 Å². The number of rotatable bonds is 8. The molecule has 0 fully saturated rings. The van der Waals surface area contributed by atoms with Crippen LogP contribution in [0.5, 0.6) is 5.75 Å². The topological polar surface area (TPSA) is 86.8 Å². The van der Waals surface area contributed by atoms with E-state index < -0.39 is 11.6 Å². The number of benzene rings is 1.